The minimum Gasteiger partial charge on any atom is -0.456 e. The zero-order chi connectivity index (χ0) is 14.7. The first-order valence-electron chi connectivity index (χ1n) is 7.54. The Bertz CT molecular complexity index is 725. The van der Waals surface area contributed by atoms with Crippen molar-refractivity contribution in [1.82, 2.24) is 0 Å². The Balaban J connectivity index is 1.81. The summed E-state index contributed by atoms with van der Waals surface area (Å²) < 4.78 is 7.00. The number of hydrogen-bond donors (Lipinski definition) is 0. The summed E-state index contributed by atoms with van der Waals surface area (Å²) in [6.45, 7) is 2.24. The molecule has 0 atom stereocenters. The van der Waals surface area contributed by atoms with Gasteiger partial charge in [-0.05, 0) is 42.7 Å². The first-order valence-corrected chi connectivity index (χ1v) is 8.34. The van der Waals surface area contributed by atoms with E-state index in [-0.39, 0.29) is 0 Å². The van der Waals surface area contributed by atoms with Crippen LogP contribution in [0.15, 0.2) is 57.4 Å². The largest absolute Gasteiger partial charge is 0.456 e. The molecule has 0 amide bonds. The molecule has 0 aliphatic heterocycles. The van der Waals surface area contributed by atoms with Crippen LogP contribution in [0, 0.1) is 0 Å². The fraction of sp³-hybridized carbons (Fsp3) is 0.263. The van der Waals surface area contributed by atoms with E-state index in [9.17, 15) is 0 Å². The average molecular weight is 343 g/mol. The third kappa shape index (κ3) is 3.38. The fourth-order valence-corrected chi connectivity index (χ4v) is 2.95. The Morgan fingerprint density at radius 2 is 1.76 bits per heavy atom. The summed E-state index contributed by atoms with van der Waals surface area (Å²) in [6.07, 6.45) is 5.02. The lowest BCUT2D eigenvalue weighted by atomic mass is 10.0. The van der Waals surface area contributed by atoms with Crippen LogP contribution in [0.2, 0.25) is 0 Å². The summed E-state index contributed by atoms with van der Waals surface area (Å²) in [6, 6.07) is 17.0. The summed E-state index contributed by atoms with van der Waals surface area (Å²) in [7, 11) is 0. The summed E-state index contributed by atoms with van der Waals surface area (Å²) >= 11 is 3.50. The summed E-state index contributed by atoms with van der Waals surface area (Å²) in [4.78, 5) is 0. The lowest BCUT2D eigenvalue weighted by Crippen LogP contribution is -1.85. The minimum absolute atomic E-state index is 0.931. The summed E-state index contributed by atoms with van der Waals surface area (Å²) in [5.74, 6) is 0.934. The van der Waals surface area contributed by atoms with E-state index in [1.807, 2.05) is 12.1 Å². The Hall–Kier alpha value is -1.54. The molecule has 2 heteroatoms. The van der Waals surface area contributed by atoms with Crippen LogP contribution in [0.3, 0.4) is 0 Å². The van der Waals surface area contributed by atoms with Crippen molar-refractivity contribution in [2.75, 3.05) is 0 Å². The van der Waals surface area contributed by atoms with Crippen molar-refractivity contribution in [1.29, 1.82) is 0 Å². The van der Waals surface area contributed by atoms with Gasteiger partial charge in [-0.2, -0.15) is 0 Å². The molecule has 0 N–H and O–H groups in total. The van der Waals surface area contributed by atoms with Gasteiger partial charge in [-0.1, -0.05) is 60.0 Å². The zero-order valence-electron chi connectivity index (χ0n) is 12.2. The van der Waals surface area contributed by atoms with Gasteiger partial charge in [0.05, 0.1) is 0 Å². The molecule has 1 aromatic heterocycles. The van der Waals surface area contributed by atoms with Crippen LogP contribution in [0.5, 0.6) is 0 Å². The van der Waals surface area contributed by atoms with Crippen molar-refractivity contribution >= 4 is 26.9 Å². The van der Waals surface area contributed by atoms with Crippen molar-refractivity contribution < 1.29 is 4.42 Å². The van der Waals surface area contributed by atoms with Gasteiger partial charge in [-0.25, -0.2) is 0 Å². The number of furan rings is 1. The highest BCUT2D eigenvalue weighted by Crippen LogP contribution is 2.29. The Morgan fingerprint density at radius 3 is 2.52 bits per heavy atom. The predicted molar refractivity (Wildman–Crippen MR) is 92.6 cm³/mol. The van der Waals surface area contributed by atoms with E-state index in [0.717, 1.165) is 26.8 Å². The fourth-order valence-electron chi connectivity index (χ4n) is 2.57. The highest BCUT2D eigenvalue weighted by atomic mass is 79.9. The Kier molecular flexibility index (Phi) is 4.45. The number of fused-ring (bicyclic) bond motifs is 1. The Labute approximate surface area is 134 Å². The molecule has 0 aliphatic carbocycles. The number of benzene rings is 2. The van der Waals surface area contributed by atoms with E-state index in [1.54, 1.807) is 0 Å². The molecule has 0 unspecified atom stereocenters. The second-order valence-corrected chi connectivity index (χ2v) is 6.36. The molecule has 0 spiro atoms. The van der Waals surface area contributed by atoms with Crippen LogP contribution in [0.25, 0.3) is 22.3 Å². The van der Waals surface area contributed by atoms with Crippen LogP contribution < -0.4 is 0 Å². The Morgan fingerprint density at radius 1 is 0.952 bits per heavy atom. The SMILES string of the molecule is CCCCCc1ccc(-c2cc3cc(Br)ccc3o2)cc1. The van der Waals surface area contributed by atoms with E-state index < -0.39 is 0 Å². The van der Waals surface area contributed by atoms with Crippen molar-refractivity contribution in [3.05, 3.63) is 58.6 Å². The summed E-state index contributed by atoms with van der Waals surface area (Å²) in [5.41, 5.74) is 3.48. The van der Waals surface area contributed by atoms with E-state index in [2.05, 4.69) is 59.3 Å². The van der Waals surface area contributed by atoms with Crippen LogP contribution in [-0.4, -0.2) is 0 Å². The monoisotopic (exact) mass is 342 g/mol. The molecular weight excluding hydrogens is 324 g/mol. The molecule has 3 rings (SSSR count). The van der Waals surface area contributed by atoms with Crippen LogP contribution >= 0.6 is 15.9 Å². The maximum atomic E-state index is 5.93. The maximum absolute atomic E-state index is 5.93. The van der Waals surface area contributed by atoms with Gasteiger partial charge in [0.15, 0.2) is 0 Å². The standard InChI is InChI=1S/C19H19BrO/c1-2-3-4-5-14-6-8-15(9-7-14)19-13-16-12-17(20)10-11-18(16)21-19/h6-13H,2-5H2,1H3. The molecule has 0 saturated heterocycles. The molecule has 108 valence electrons. The molecular formula is C19H19BrO. The lowest BCUT2D eigenvalue weighted by molar-refractivity contribution is 0.631. The van der Waals surface area contributed by atoms with Gasteiger partial charge in [-0.3, -0.25) is 0 Å². The number of aryl methyl sites for hydroxylation is 1. The number of halogens is 1. The van der Waals surface area contributed by atoms with Gasteiger partial charge < -0.3 is 4.42 Å². The van der Waals surface area contributed by atoms with E-state index in [4.69, 9.17) is 4.42 Å². The van der Waals surface area contributed by atoms with E-state index in [0.29, 0.717) is 0 Å². The smallest absolute Gasteiger partial charge is 0.135 e. The minimum atomic E-state index is 0.931. The van der Waals surface area contributed by atoms with Crippen LogP contribution in [0.1, 0.15) is 31.7 Å². The van der Waals surface area contributed by atoms with E-state index >= 15 is 0 Å². The van der Waals surface area contributed by atoms with E-state index in [1.165, 1.54) is 31.2 Å². The second-order valence-electron chi connectivity index (χ2n) is 5.45. The maximum Gasteiger partial charge on any atom is 0.135 e. The first-order chi connectivity index (χ1) is 10.3. The average Bonchev–Trinajstić information content (AvgIpc) is 2.91. The van der Waals surface area contributed by atoms with Gasteiger partial charge in [0, 0.05) is 15.4 Å². The first kappa shape index (κ1) is 14.4. The van der Waals surface area contributed by atoms with Gasteiger partial charge in [0.1, 0.15) is 11.3 Å². The van der Waals surface area contributed by atoms with Crippen molar-refractivity contribution in [2.45, 2.75) is 32.6 Å². The third-order valence-electron chi connectivity index (χ3n) is 3.79. The molecule has 0 aliphatic rings. The molecule has 0 fully saturated rings. The number of hydrogen-bond acceptors (Lipinski definition) is 1. The van der Waals surface area contributed by atoms with Crippen molar-refractivity contribution in [2.24, 2.45) is 0 Å². The van der Waals surface area contributed by atoms with Crippen LogP contribution in [0.4, 0.5) is 0 Å². The van der Waals surface area contributed by atoms with Crippen molar-refractivity contribution in [3.63, 3.8) is 0 Å². The van der Waals surface area contributed by atoms with Gasteiger partial charge >= 0.3 is 0 Å². The molecule has 0 bridgehead atoms. The topological polar surface area (TPSA) is 13.1 Å². The normalized spacial score (nSPS) is 11.1. The number of rotatable bonds is 5. The quantitative estimate of drug-likeness (QED) is 0.476. The highest BCUT2D eigenvalue weighted by molar-refractivity contribution is 9.10. The molecule has 21 heavy (non-hydrogen) atoms. The van der Waals surface area contributed by atoms with Gasteiger partial charge in [-0.15, -0.1) is 0 Å². The molecule has 0 radical (unpaired) electrons. The lowest BCUT2D eigenvalue weighted by Gasteiger charge is -2.02. The second kappa shape index (κ2) is 6.48. The third-order valence-corrected chi connectivity index (χ3v) is 4.28. The van der Waals surface area contributed by atoms with Crippen molar-refractivity contribution in [3.8, 4) is 11.3 Å². The predicted octanol–water partition coefficient (Wildman–Crippen LogP) is 6.60. The molecule has 2 aromatic carbocycles. The zero-order valence-corrected chi connectivity index (χ0v) is 13.8. The van der Waals surface area contributed by atoms with Gasteiger partial charge in [0.2, 0.25) is 0 Å². The number of unbranched alkanes of at least 4 members (excludes halogenated alkanes) is 2. The van der Waals surface area contributed by atoms with Gasteiger partial charge in [0.25, 0.3) is 0 Å². The highest BCUT2D eigenvalue weighted by Gasteiger charge is 2.06. The summed E-state index contributed by atoms with van der Waals surface area (Å²) in [5, 5.41) is 1.13. The molecule has 1 heterocycles. The molecule has 0 saturated carbocycles. The molecule has 1 nitrogen and oxygen atoms in total. The van der Waals surface area contributed by atoms with Crippen LogP contribution in [-0.2, 0) is 6.42 Å². The molecule has 3 aromatic rings.